The average Bonchev–Trinajstić information content (AvgIpc) is 2.75. The van der Waals surface area contributed by atoms with Crippen molar-refractivity contribution in [3.63, 3.8) is 0 Å². The molecule has 2 atom stereocenters. The fourth-order valence-electron chi connectivity index (χ4n) is 3.23. The third-order valence-electron chi connectivity index (χ3n) is 4.37. The van der Waals surface area contributed by atoms with E-state index in [2.05, 4.69) is 5.32 Å². The van der Waals surface area contributed by atoms with Crippen molar-refractivity contribution in [2.45, 2.75) is 63.0 Å². The molecule has 0 amide bonds. The van der Waals surface area contributed by atoms with E-state index in [9.17, 15) is 10.2 Å². The lowest BCUT2D eigenvalue weighted by Gasteiger charge is -2.34. The first-order valence-corrected chi connectivity index (χ1v) is 6.80. The number of hydrogen-bond donors (Lipinski definition) is 3. The molecule has 2 aliphatic rings. The standard InChI is InChI=1S/C13H25NO2/c15-9-11-5-4-6-12(11)14-10-13(16)7-2-1-3-8-13/h11-12,14-16H,1-10H2. The Hall–Kier alpha value is -0.120. The fourth-order valence-corrected chi connectivity index (χ4v) is 3.23. The van der Waals surface area contributed by atoms with Crippen LogP contribution in [0.5, 0.6) is 0 Å². The van der Waals surface area contributed by atoms with Crippen molar-refractivity contribution in [2.24, 2.45) is 5.92 Å². The van der Waals surface area contributed by atoms with Crippen molar-refractivity contribution in [3.8, 4) is 0 Å². The minimum atomic E-state index is -0.471. The van der Waals surface area contributed by atoms with Gasteiger partial charge < -0.3 is 15.5 Å². The lowest BCUT2D eigenvalue weighted by molar-refractivity contribution is 0.000875. The quantitative estimate of drug-likeness (QED) is 0.681. The molecule has 3 nitrogen and oxygen atoms in total. The van der Waals surface area contributed by atoms with Crippen LogP contribution >= 0.6 is 0 Å². The van der Waals surface area contributed by atoms with Gasteiger partial charge in [0, 0.05) is 19.2 Å². The molecule has 3 N–H and O–H groups in total. The Kier molecular flexibility index (Phi) is 4.22. The summed E-state index contributed by atoms with van der Waals surface area (Å²) in [4.78, 5) is 0. The molecule has 0 spiro atoms. The van der Waals surface area contributed by atoms with Gasteiger partial charge >= 0.3 is 0 Å². The summed E-state index contributed by atoms with van der Waals surface area (Å²) in [5, 5.41) is 23.1. The van der Waals surface area contributed by atoms with Crippen LogP contribution in [0.25, 0.3) is 0 Å². The van der Waals surface area contributed by atoms with Crippen LogP contribution in [0.15, 0.2) is 0 Å². The van der Waals surface area contributed by atoms with Crippen LogP contribution in [-0.2, 0) is 0 Å². The van der Waals surface area contributed by atoms with E-state index in [1.54, 1.807) is 0 Å². The Morgan fingerprint density at radius 3 is 2.50 bits per heavy atom. The molecule has 0 aromatic rings. The van der Waals surface area contributed by atoms with Crippen molar-refractivity contribution in [3.05, 3.63) is 0 Å². The van der Waals surface area contributed by atoms with Gasteiger partial charge in [-0.05, 0) is 31.6 Å². The topological polar surface area (TPSA) is 52.5 Å². The zero-order valence-corrected chi connectivity index (χ0v) is 10.1. The third-order valence-corrected chi connectivity index (χ3v) is 4.37. The molecule has 94 valence electrons. The van der Waals surface area contributed by atoms with Gasteiger partial charge in [-0.2, -0.15) is 0 Å². The molecule has 2 saturated carbocycles. The van der Waals surface area contributed by atoms with E-state index in [1.165, 1.54) is 12.8 Å². The highest BCUT2D eigenvalue weighted by molar-refractivity contribution is 4.89. The van der Waals surface area contributed by atoms with E-state index in [-0.39, 0.29) is 6.61 Å². The van der Waals surface area contributed by atoms with Gasteiger partial charge in [-0.1, -0.05) is 25.7 Å². The highest BCUT2D eigenvalue weighted by atomic mass is 16.3. The molecule has 0 aromatic heterocycles. The van der Waals surface area contributed by atoms with Gasteiger partial charge in [-0.15, -0.1) is 0 Å². The number of aliphatic hydroxyl groups excluding tert-OH is 1. The molecular formula is C13H25NO2. The molecule has 2 rings (SSSR count). The van der Waals surface area contributed by atoms with E-state index in [0.717, 1.165) is 38.5 Å². The predicted octanol–water partition coefficient (Wildman–Crippen LogP) is 1.43. The molecular weight excluding hydrogens is 202 g/mol. The maximum absolute atomic E-state index is 10.4. The molecule has 2 fully saturated rings. The Morgan fingerprint density at radius 1 is 1.06 bits per heavy atom. The first-order chi connectivity index (χ1) is 7.73. The fraction of sp³-hybridized carbons (Fsp3) is 1.00. The summed E-state index contributed by atoms with van der Waals surface area (Å²) in [5.74, 6) is 0.409. The third kappa shape index (κ3) is 2.96. The molecule has 2 aliphatic carbocycles. The summed E-state index contributed by atoms with van der Waals surface area (Å²) in [6.45, 7) is 1.00. The van der Waals surface area contributed by atoms with Crippen LogP contribution in [0, 0.1) is 5.92 Å². The van der Waals surface area contributed by atoms with Crippen LogP contribution in [-0.4, -0.2) is 35.0 Å². The van der Waals surface area contributed by atoms with E-state index in [1.807, 2.05) is 0 Å². The van der Waals surface area contributed by atoms with Crippen LogP contribution < -0.4 is 5.32 Å². The largest absolute Gasteiger partial charge is 0.396 e. The van der Waals surface area contributed by atoms with Gasteiger partial charge in [0.2, 0.25) is 0 Å². The highest BCUT2D eigenvalue weighted by Crippen LogP contribution is 2.29. The second-order valence-corrected chi connectivity index (χ2v) is 5.65. The monoisotopic (exact) mass is 227 g/mol. The van der Waals surface area contributed by atoms with Crippen molar-refractivity contribution >= 4 is 0 Å². The molecule has 3 heteroatoms. The number of rotatable bonds is 4. The summed E-state index contributed by atoms with van der Waals surface area (Å²) in [7, 11) is 0. The Bertz CT molecular complexity index is 214. The maximum Gasteiger partial charge on any atom is 0.0771 e. The first-order valence-electron chi connectivity index (χ1n) is 6.80. The summed E-state index contributed by atoms with van der Waals surface area (Å²) in [5.41, 5.74) is -0.471. The molecule has 16 heavy (non-hydrogen) atoms. The van der Waals surface area contributed by atoms with E-state index in [0.29, 0.717) is 18.5 Å². The van der Waals surface area contributed by atoms with E-state index in [4.69, 9.17) is 0 Å². The lowest BCUT2D eigenvalue weighted by atomic mass is 9.84. The second-order valence-electron chi connectivity index (χ2n) is 5.65. The zero-order valence-electron chi connectivity index (χ0n) is 10.1. The SMILES string of the molecule is OCC1CCCC1NCC1(O)CCCCC1. The molecule has 0 saturated heterocycles. The van der Waals surface area contributed by atoms with Crippen molar-refractivity contribution in [1.82, 2.24) is 5.32 Å². The second kappa shape index (κ2) is 5.48. The zero-order chi connectivity index (χ0) is 11.4. The molecule has 0 aliphatic heterocycles. The van der Waals surface area contributed by atoms with Crippen LogP contribution in [0.1, 0.15) is 51.4 Å². The molecule has 0 heterocycles. The number of aliphatic hydroxyl groups is 2. The van der Waals surface area contributed by atoms with E-state index < -0.39 is 5.60 Å². The normalized spacial score (nSPS) is 34.1. The van der Waals surface area contributed by atoms with Gasteiger partial charge in [0.15, 0.2) is 0 Å². The van der Waals surface area contributed by atoms with Crippen molar-refractivity contribution < 1.29 is 10.2 Å². The highest BCUT2D eigenvalue weighted by Gasteiger charge is 2.32. The van der Waals surface area contributed by atoms with Crippen LogP contribution in [0.4, 0.5) is 0 Å². The van der Waals surface area contributed by atoms with Gasteiger partial charge in [0.05, 0.1) is 5.60 Å². The maximum atomic E-state index is 10.4. The Morgan fingerprint density at radius 2 is 1.81 bits per heavy atom. The average molecular weight is 227 g/mol. The van der Waals surface area contributed by atoms with Crippen LogP contribution in [0.2, 0.25) is 0 Å². The summed E-state index contributed by atoms with van der Waals surface area (Å²) >= 11 is 0. The summed E-state index contributed by atoms with van der Waals surface area (Å²) < 4.78 is 0. The van der Waals surface area contributed by atoms with Crippen LogP contribution in [0.3, 0.4) is 0 Å². The van der Waals surface area contributed by atoms with Gasteiger partial charge in [0.1, 0.15) is 0 Å². The van der Waals surface area contributed by atoms with Gasteiger partial charge in [0.25, 0.3) is 0 Å². The summed E-state index contributed by atoms with van der Waals surface area (Å²) in [6.07, 6.45) is 8.96. The minimum absolute atomic E-state index is 0.288. The number of nitrogens with one attached hydrogen (secondary N) is 1. The smallest absolute Gasteiger partial charge is 0.0771 e. The molecule has 0 bridgehead atoms. The van der Waals surface area contributed by atoms with Gasteiger partial charge in [-0.25, -0.2) is 0 Å². The number of hydrogen-bond acceptors (Lipinski definition) is 3. The van der Waals surface area contributed by atoms with E-state index >= 15 is 0 Å². The van der Waals surface area contributed by atoms with Gasteiger partial charge in [-0.3, -0.25) is 0 Å². The van der Waals surface area contributed by atoms with Crippen molar-refractivity contribution in [1.29, 1.82) is 0 Å². The first kappa shape index (κ1) is 12.3. The Balaban J connectivity index is 1.77. The minimum Gasteiger partial charge on any atom is -0.396 e. The lowest BCUT2D eigenvalue weighted by Crippen LogP contribution is -2.47. The summed E-state index contributed by atoms with van der Waals surface area (Å²) in [6, 6.07) is 0.427. The van der Waals surface area contributed by atoms with Crippen molar-refractivity contribution in [2.75, 3.05) is 13.2 Å². The predicted molar refractivity (Wildman–Crippen MR) is 64.3 cm³/mol. The molecule has 0 radical (unpaired) electrons. The Labute approximate surface area is 98.2 Å². The molecule has 2 unspecified atom stereocenters. The molecule has 0 aromatic carbocycles.